The zero-order chi connectivity index (χ0) is 22.6. The fourth-order valence-corrected chi connectivity index (χ4v) is 4.80. The molecule has 4 aromatic rings. The maximum Gasteiger partial charge on any atom is 0.302 e. The molecular formula is C23H14ClFN2O4S. The highest BCUT2D eigenvalue weighted by Crippen LogP contribution is 2.44. The van der Waals surface area contributed by atoms with Gasteiger partial charge in [-0.3, -0.25) is 14.5 Å². The van der Waals surface area contributed by atoms with Crippen LogP contribution in [0.1, 0.15) is 23.1 Å². The number of carbonyl (C=O) groups excluding carboxylic acids is 2. The van der Waals surface area contributed by atoms with Gasteiger partial charge in [0.1, 0.15) is 29.1 Å². The monoisotopic (exact) mass is 468 g/mol. The topological polar surface area (TPSA) is 83.6 Å². The van der Waals surface area contributed by atoms with Gasteiger partial charge in [0.2, 0.25) is 0 Å². The van der Waals surface area contributed by atoms with E-state index in [1.165, 1.54) is 23.1 Å². The van der Waals surface area contributed by atoms with Crippen molar-refractivity contribution in [1.29, 1.82) is 0 Å². The summed E-state index contributed by atoms with van der Waals surface area (Å²) in [7, 11) is 0. The zero-order valence-electron chi connectivity index (χ0n) is 16.5. The number of fused-ring (bicyclic) bond motifs is 1. The van der Waals surface area contributed by atoms with Gasteiger partial charge in [0.25, 0.3) is 5.78 Å². The highest BCUT2D eigenvalue weighted by Gasteiger charge is 2.49. The molecule has 1 amide bonds. The molecule has 1 atom stereocenters. The summed E-state index contributed by atoms with van der Waals surface area (Å²) in [5, 5.41) is 11.7. The number of aromatic nitrogens is 1. The first-order valence-corrected chi connectivity index (χ1v) is 10.7. The fraction of sp³-hybridized carbons (Fsp3) is 0.0870. The molecule has 1 unspecified atom stereocenters. The van der Waals surface area contributed by atoms with Crippen molar-refractivity contribution in [3.8, 4) is 0 Å². The van der Waals surface area contributed by atoms with Crippen LogP contribution in [0, 0.1) is 12.7 Å². The van der Waals surface area contributed by atoms with Crippen LogP contribution in [-0.2, 0) is 9.59 Å². The Morgan fingerprint density at radius 2 is 1.91 bits per heavy atom. The lowest BCUT2D eigenvalue weighted by Gasteiger charge is -2.20. The lowest BCUT2D eigenvalue weighted by atomic mass is 9.99. The third-order valence-corrected chi connectivity index (χ3v) is 6.41. The standard InChI is InChI=1S/C23H14ClFN2O4S/c1-11-2-9-16(31-11)19-18(20(28)12-3-5-13(24)6-4-12)21(29)22(30)27(19)23-26-15-8-7-14(25)10-17(15)32-23/h2-10,19,28H,1H3. The predicted molar refractivity (Wildman–Crippen MR) is 119 cm³/mol. The highest BCUT2D eigenvalue weighted by atomic mass is 35.5. The Hall–Kier alpha value is -3.49. The van der Waals surface area contributed by atoms with E-state index < -0.39 is 23.5 Å². The molecule has 1 aliphatic heterocycles. The smallest absolute Gasteiger partial charge is 0.302 e. The number of aliphatic hydroxyl groups is 1. The molecule has 1 aliphatic rings. The van der Waals surface area contributed by atoms with Gasteiger partial charge in [0.05, 0.1) is 15.8 Å². The van der Waals surface area contributed by atoms with E-state index >= 15 is 0 Å². The highest BCUT2D eigenvalue weighted by molar-refractivity contribution is 7.22. The van der Waals surface area contributed by atoms with Gasteiger partial charge in [-0.2, -0.15) is 0 Å². The Bertz CT molecular complexity index is 1420. The Kier molecular flexibility index (Phi) is 4.83. The molecule has 160 valence electrons. The van der Waals surface area contributed by atoms with Crippen molar-refractivity contribution in [2.45, 2.75) is 13.0 Å². The first-order valence-electron chi connectivity index (χ1n) is 9.53. The summed E-state index contributed by atoms with van der Waals surface area (Å²) in [6, 6.07) is 12.6. The number of halogens is 2. The van der Waals surface area contributed by atoms with Gasteiger partial charge in [0, 0.05) is 10.6 Å². The number of anilines is 1. The van der Waals surface area contributed by atoms with E-state index in [1.807, 2.05) is 0 Å². The van der Waals surface area contributed by atoms with Crippen LogP contribution in [-0.4, -0.2) is 21.8 Å². The molecule has 2 aromatic heterocycles. The molecular weight excluding hydrogens is 455 g/mol. The molecule has 3 heterocycles. The van der Waals surface area contributed by atoms with Crippen LogP contribution in [0.5, 0.6) is 0 Å². The van der Waals surface area contributed by atoms with Crippen molar-refractivity contribution >= 4 is 55.7 Å². The van der Waals surface area contributed by atoms with Crippen molar-refractivity contribution in [3.63, 3.8) is 0 Å². The van der Waals surface area contributed by atoms with E-state index in [4.69, 9.17) is 16.0 Å². The molecule has 32 heavy (non-hydrogen) atoms. The SMILES string of the molecule is Cc1ccc(C2C(=C(O)c3ccc(Cl)cc3)C(=O)C(=O)N2c2nc3ccc(F)cc3s2)o1. The molecule has 0 saturated carbocycles. The summed E-state index contributed by atoms with van der Waals surface area (Å²) < 4.78 is 19.9. The number of furan rings is 1. The molecule has 1 fully saturated rings. The van der Waals surface area contributed by atoms with E-state index in [1.54, 1.807) is 43.3 Å². The van der Waals surface area contributed by atoms with Gasteiger partial charge in [-0.25, -0.2) is 9.37 Å². The molecule has 1 saturated heterocycles. The largest absolute Gasteiger partial charge is 0.507 e. The van der Waals surface area contributed by atoms with Gasteiger partial charge in [-0.05, 0) is 61.5 Å². The molecule has 0 bridgehead atoms. The first kappa shape index (κ1) is 20.4. The fourth-order valence-electron chi connectivity index (χ4n) is 3.65. The van der Waals surface area contributed by atoms with E-state index in [2.05, 4.69) is 4.98 Å². The lowest BCUT2D eigenvalue weighted by molar-refractivity contribution is -0.132. The second kappa shape index (κ2) is 7.58. The van der Waals surface area contributed by atoms with E-state index in [9.17, 15) is 19.1 Å². The molecule has 9 heteroatoms. The van der Waals surface area contributed by atoms with Crippen LogP contribution < -0.4 is 4.90 Å². The summed E-state index contributed by atoms with van der Waals surface area (Å²) in [5.74, 6) is -1.66. The number of hydrogen-bond donors (Lipinski definition) is 1. The minimum atomic E-state index is -1.04. The van der Waals surface area contributed by atoms with Gasteiger partial charge >= 0.3 is 5.91 Å². The van der Waals surface area contributed by atoms with Crippen LogP contribution in [0.25, 0.3) is 16.0 Å². The van der Waals surface area contributed by atoms with Crippen molar-refractivity contribution in [1.82, 2.24) is 4.98 Å². The van der Waals surface area contributed by atoms with Gasteiger partial charge in [0.15, 0.2) is 5.13 Å². The van der Waals surface area contributed by atoms with Crippen LogP contribution >= 0.6 is 22.9 Å². The minimum Gasteiger partial charge on any atom is -0.507 e. The van der Waals surface area contributed by atoms with Crippen molar-refractivity contribution in [2.24, 2.45) is 0 Å². The summed E-state index contributed by atoms with van der Waals surface area (Å²) in [6.45, 7) is 1.73. The summed E-state index contributed by atoms with van der Waals surface area (Å²) in [6.07, 6.45) is 0. The number of Topliss-reactive ketones (excluding diaryl/α,β-unsaturated/α-hetero) is 1. The third-order valence-electron chi connectivity index (χ3n) is 5.14. The zero-order valence-corrected chi connectivity index (χ0v) is 18.1. The summed E-state index contributed by atoms with van der Waals surface area (Å²) in [4.78, 5) is 31.8. The number of aryl methyl sites for hydroxylation is 1. The van der Waals surface area contributed by atoms with Crippen molar-refractivity contribution < 1.29 is 23.5 Å². The normalized spacial score (nSPS) is 18.1. The van der Waals surface area contributed by atoms with Gasteiger partial charge < -0.3 is 9.52 Å². The van der Waals surface area contributed by atoms with Crippen LogP contribution in [0.3, 0.4) is 0 Å². The molecule has 1 N–H and O–H groups in total. The lowest BCUT2D eigenvalue weighted by Crippen LogP contribution is -2.29. The van der Waals surface area contributed by atoms with Crippen LogP contribution in [0.15, 0.2) is 64.6 Å². The Balaban J connectivity index is 1.72. The molecule has 0 radical (unpaired) electrons. The number of amides is 1. The van der Waals surface area contributed by atoms with E-state index in [0.717, 1.165) is 11.3 Å². The number of ketones is 1. The number of carbonyl (C=O) groups is 2. The number of thiazole rings is 1. The van der Waals surface area contributed by atoms with Crippen LogP contribution in [0.4, 0.5) is 9.52 Å². The number of hydrogen-bond acceptors (Lipinski definition) is 6. The second-order valence-corrected chi connectivity index (χ2v) is 8.68. The second-order valence-electron chi connectivity index (χ2n) is 7.23. The molecule has 0 spiro atoms. The first-order chi connectivity index (χ1) is 15.3. The van der Waals surface area contributed by atoms with Crippen molar-refractivity contribution in [3.05, 3.63) is 88.1 Å². The minimum absolute atomic E-state index is 0.128. The van der Waals surface area contributed by atoms with Crippen molar-refractivity contribution in [2.75, 3.05) is 4.90 Å². The van der Waals surface area contributed by atoms with Gasteiger partial charge in [-0.1, -0.05) is 22.9 Å². The third kappa shape index (κ3) is 3.28. The average molecular weight is 469 g/mol. The molecule has 0 aliphatic carbocycles. The molecule has 5 rings (SSSR count). The van der Waals surface area contributed by atoms with Gasteiger partial charge in [-0.15, -0.1) is 0 Å². The predicted octanol–water partition coefficient (Wildman–Crippen LogP) is 5.62. The Morgan fingerprint density at radius 1 is 1.16 bits per heavy atom. The Labute approximate surface area is 190 Å². The average Bonchev–Trinajstić information content (AvgIpc) is 3.44. The van der Waals surface area contributed by atoms with E-state index in [0.29, 0.717) is 32.3 Å². The quantitative estimate of drug-likeness (QED) is 0.240. The number of aliphatic hydroxyl groups excluding tert-OH is 1. The van der Waals surface area contributed by atoms with Crippen LogP contribution in [0.2, 0.25) is 5.02 Å². The maximum absolute atomic E-state index is 13.7. The molecule has 2 aromatic carbocycles. The Morgan fingerprint density at radius 3 is 2.59 bits per heavy atom. The number of rotatable bonds is 3. The summed E-state index contributed by atoms with van der Waals surface area (Å²) in [5.41, 5.74) is 0.685. The molecule has 6 nitrogen and oxygen atoms in total. The number of nitrogens with zero attached hydrogens (tertiary/aromatic N) is 2. The summed E-state index contributed by atoms with van der Waals surface area (Å²) >= 11 is 7.00. The maximum atomic E-state index is 13.7. The van der Waals surface area contributed by atoms with E-state index in [-0.39, 0.29) is 16.5 Å². The number of benzene rings is 2.